The number of nitrogens with zero attached hydrogens (tertiary/aromatic N) is 1. The summed E-state index contributed by atoms with van der Waals surface area (Å²) < 4.78 is 16.9. The van der Waals surface area contributed by atoms with Gasteiger partial charge in [0, 0.05) is 6.54 Å². The van der Waals surface area contributed by atoms with Crippen molar-refractivity contribution >= 4 is 5.91 Å². The number of ether oxygens (including phenoxy) is 3. The van der Waals surface area contributed by atoms with Gasteiger partial charge in [-0.05, 0) is 43.4 Å². The summed E-state index contributed by atoms with van der Waals surface area (Å²) in [6.45, 7) is 5.18. The summed E-state index contributed by atoms with van der Waals surface area (Å²) in [6, 6.07) is 6.18. The van der Waals surface area contributed by atoms with Crippen molar-refractivity contribution in [1.29, 1.82) is 0 Å². The number of hydrogen-bond acceptors (Lipinski definition) is 4. The molecule has 2 aliphatic heterocycles. The third-order valence-electron chi connectivity index (χ3n) is 5.71. The molecular weight excluding hydrogens is 318 g/mol. The molecule has 0 spiro atoms. The van der Waals surface area contributed by atoms with E-state index in [-0.39, 0.29) is 17.9 Å². The van der Waals surface area contributed by atoms with Crippen LogP contribution in [0.15, 0.2) is 18.2 Å². The molecule has 0 aromatic heterocycles. The van der Waals surface area contributed by atoms with Gasteiger partial charge in [-0.3, -0.25) is 4.79 Å². The maximum Gasteiger partial charge on any atom is 0.230 e. The summed E-state index contributed by atoms with van der Waals surface area (Å²) in [6.07, 6.45) is 4.70. The van der Waals surface area contributed by atoms with Crippen molar-refractivity contribution in [3.63, 3.8) is 0 Å². The normalized spacial score (nSPS) is 25.0. The van der Waals surface area contributed by atoms with Gasteiger partial charge in [-0.15, -0.1) is 0 Å². The Morgan fingerprint density at radius 2 is 1.88 bits per heavy atom. The molecule has 5 nitrogen and oxygen atoms in total. The highest BCUT2D eigenvalue weighted by atomic mass is 16.6. The second kappa shape index (κ2) is 7.24. The standard InChI is InChI=1S/C20H27NO4/c1-14-13-23-9-8-21(14)20(22)19(15-4-2-3-5-15)16-6-7-17-18(12-16)25-11-10-24-17/h6-7,12,14-15,19H,2-5,8-11,13H2,1H3. The van der Waals surface area contributed by atoms with Gasteiger partial charge in [0.25, 0.3) is 0 Å². The first-order valence-electron chi connectivity index (χ1n) is 9.52. The molecule has 0 radical (unpaired) electrons. The fourth-order valence-corrected chi connectivity index (χ4v) is 4.39. The van der Waals surface area contributed by atoms with Crippen LogP contribution in [0.25, 0.3) is 0 Å². The smallest absolute Gasteiger partial charge is 0.230 e. The van der Waals surface area contributed by atoms with Crippen LogP contribution in [0.2, 0.25) is 0 Å². The Hall–Kier alpha value is -1.75. The van der Waals surface area contributed by atoms with Gasteiger partial charge in [0.05, 0.1) is 25.2 Å². The van der Waals surface area contributed by atoms with Crippen LogP contribution in [0.3, 0.4) is 0 Å². The maximum atomic E-state index is 13.5. The number of amides is 1. The van der Waals surface area contributed by atoms with Crippen LogP contribution in [0.5, 0.6) is 11.5 Å². The van der Waals surface area contributed by atoms with Gasteiger partial charge in [0.2, 0.25) is 5.91 Å². The van der Waals surface area contributed by atoms with E-state index >= 15 is 0 Å². The van der Waals surface area contributed by atoms with Gasteiger partial charge in [-0.2, -0.15) is 0 Å². The Labute approximate surface area is 149 Å². The van der Waals surface area contributed by atoms with Crippen molar-refractivity contribution < 1.29 is 19.0 Å². The molecule has 0 bridgehead atoms. The molecule has 1 saturated heterocycles. The average Bonchev–Trinajstić information content (AvgIpc) is 3.16. The predicted molar refractivity (Wildman–Crippen MR) is 94.1 cm³/mol. The minimum absolute atomic E-state index is 0.0844. The summed E-state index contributed by atoms with van der Waals surface area (Å²) in [7, 11) is 0. The van der Waals surface area contributed by atoms with Crippen LogP contribution in [0.1, 0.15) is 44.1 Å². The zero-order valence-corrected chi connectivity index (χ0v) is 14.9. The van der Waals surface area contributed by atoms with Crippen molar-refractivity contribution in [2.24, 2.45) is 5.92 Å². The van der Waals surface area contributed by atoms with Gasteiger partial charge < -0.3 is 19.1 Å². The van der Waals surface area contributed by atoms with Crippen molar-refractivity contribution in [1.82, 2.24) is 4.90 Å². The zero-order chi connectivity index (χ0) is 17.2. The molecule has 1 aliphatic carbocycles. The van der Waals surface area contributed by atoms with Gasteiger partial charge in [0.1, 0.15) is 13.2 Å². The summed E-state index contributed by atoms with van der Waals surface area (Å²) in [4.78, 5) is 15.5. The van der Waals surface area contributed by atoms with Crippen LogP contribution >= 0.6 is 0 Å². The van der Waals surface area contributed by atoms with Crippen LogP contribution in [0, 0.1) is 5.92 Å². The summed E-state index contributed by atoms with van der Waals surface area (Å²) in [5.74, 6) is 2.14. The molecule has 2 fully saturated rings. The van der Waals surface area contributed by atoms with E-state index in [1.807, 2.05) is 17.0 Å². The molecule has 1 aromatic rings. The molecular formula is C20H27NO4. The lowest BCUT2D eigenvalue weighted by atomic mass is 9.83. The lowest BCUT2D eigenvalue weighted by Crippen LogP contribution is -2.49. The van der Waals surface area contributed by atoms with E-state index in [2.05, 4.69) is 13.0 Å². The minimum Gasteiger partial charge on any atom is -0.486 e. The van der Waals surface area contributed by atoms with Gasteiger partial charge in [-0.1, -0.05) is 18.9 Å². The zero-order valence-electron chi connectivity index (χ0n) is 14.9. The lowest BCUT2D eigenvalue weighted by Gasteiger charge is -2.37. The third kappa shape index (κ3) is 3.34. The molecule has 4 rings (SSSR count). The number of hydrogen-bond donors (Lipinski definition) is 0. The molecule has 5 heteroatoms. The molecule has 3 aliphatic rings. The molecule has 2 atom stereocenters. The van der Waals surface area contributed by atoms with Crippen molar-refractivity contribution in [3.8, 4) is 11.5 Å². The highest BCUT2D eigenvalue weighted by molar-refractivity contribution is 5.85. The number of rotatable bonds is 3. The Balaban J connectivity index is 1.65. The average molecular weight is 345 g/mol. The number of benzene rings is 1. The molecule has 2 heterocycles. The van der Waals surface area contributed by atoms with Crippen molar-refractivity contribution in [2.75, 3.05) is 33.0 Å². The Bertz CT molecular complexity index is 626. The van der Waals surface area contributed by atoms with Gasteiger partial charge in [-0.25, -0.2) is 0 Å². The summed E-state index contributed by atoms with van der Waals surface area (Å²) >= 11 is 0. The Morgan fingerprint density at radius 3 is 2.64 bits per heavy atom. The van der Waals surface area contributed by atoms with E-state index in [4.69, 9.17) is 14.2 Å². The molecule has 1 saturated carbocycles. The molecule has 1 aromatic carbocycles. The summed E-state index contributed by atoms with van der Waals surface area (Å²) in [5, 5.41) is 0. The number of carbonyl (C=O) groups is 1. The molecule has 1 amide bonds. The third-order valence-corrected chi connectivity index (χ3v) is 5.71. The first kappa shape index (κ1) is 16.7. The molecule has 0 N–H and O–H groups in total. The monoisotopic (exact) mass is 345 g/mol. The van der Waals surface area contributed by atoms with Crippen molar-refractivity contribution in [2.45, 2.75) is 44.6 Å². The lowest BCUT2D eigenvalue weighted by molar-refractivity contribution is -0.142. The highest BCUT2D eigenvalue weighted by Crippen LogP contribution is 2.42. The van der Waals surface area contributed by atoms with E-state index in [1.54, 1.807) is 0 Å². The number of carbonyl (C=O) groups excluding carboxylic acids is 1. The largest absolute Gasteiger partial charge is 0.486 e. The van der Waals surface area contributed by atoms with Gasteiger partial charge in [0.15, 0.2) is 11.5 Å². The topological polar surface area (TPSA) is 48.0 Å². The molecule has 25 heavy (non-hydrogen) atoms. The maximum absolute atomic E-state index is 13.5. The highest BCUT2D eigenvalue weighted by Gasteiger charge is 2.37. The summed E-state index contributed by atoms with van der Waals surface area (Å²) in [5.41, 5.74) is 1.07. The van der Waals surface area contributed by atoms with Crippen LogP contribution in [-0.4, -0.2) is 49.8 Å². The minimum atomic E-state index is -0.0844. The van der Waals surface area contributed by atoms with Crippen molar-refractivity contribution in [3.05, 3.63) is 23.8 Å². The fraction of sp³-hybridized carbons (Fsp3) is 0.650. The second-order valence-electron chi connectivity index (χ2n) is 7.38. The molecule has 2 unspecified atom stereocenters. The van der Waals surface area contributed by atoms with Crippen LogP contribution in [-0.2, 0) is 9.53 Å². The van der Waals surface area contributed by atoms with E-state index in [0.717, 1.165) is 29.9 Å². The van der Waals surface area contributed by atoms with Crippen LogP contribution in [0.4, 0.5) is 0 Å². The predicted octanol–water partition coefficient (Wildman–Crippen LogP) is 2.98. The SMILES string of the molecule is CC1COCCN1C(=O)C(c1ccc2c(c1)OCCO2)C1CCCC1. The van der Waals surface area contributed by atoms with Gasteiger partial charge >= 0.3 is 0 Å². The van der Waals surface area contributed by atoms with E-state index < -0.39 is 0 Å². The first-order valence-corrected chi connectivity index (χ1v) is 9.52. The first-order chi connectivity index (χ1) is 12.2. The van der Waals surface area contributed by atoms with Crippen LogP contribution < -0.4 is 9.47 Å². The molecule has 136 valence electrons. The Morgan fingerprint density at radius 1 is 1.12 bits per heavy atom. The quantitative estimate of drug-likeness (QED) is 0.845. The number of morpholine rings is 1. The second-order valence-corrected chi connectivity index (χ2v) is 7.38. The van der Waals surface area contributed by atoms with E-state index in [0.29, 0.717) is 38.9 Å². The van der Waals surface area contributed by atoms with E-state index in [9.17, 15) is 4.79 Å². The Kier molecular flexibility index (Phi) is 4.84. The fourth-order valence-electron chi connectivity index (χ4n) is 4.39. The van der Waals surface area contributed by atoms with E-state index in [1.165, 1.54) is 12.8 Å². The number of fused-ring (bicyclic) bond motifs is 1.